The first-order valence-corrected chi connectivity index (χ1v) is 11.2. The zero-order chi connectivity index (χ0) is 21.4. The first-order valence-electron chi connectivity index (χ1n) is 10.4. The van der Waals surface area contributed by atoms with Crippen molar-refractivity contribution in [3.05, 3.63) is 42.0 Å². The van der Waals surface area contributed by atoms with Crippen LogP contribution in [-0.4, -0.2) is 30.0 Å². The molecule has 3 aromatic rings. The summed E-state index contributed by atoms with van der Waals surface area (Å²) in [4.78, 5) is 29.4. The van der Waals surface area contributed by atoms with Crippen molar-refractivity contribution in [1.82, 2.24) is 4.98 Å². The van der Waals surface area contributed by atoms with Crippen LogP contribution >= 0.6 is 11.3 Å². The van der Waals surface area contributed by atoms with Gasteiger partial charge in [0, 0.05) is 12.6 Å². The molecule has 0 saturated heterocycles. The van der Waals surface area contributed by atoms with E-state index in [2.05, 4.69) is 15.6 Å². The van der Waals surface area contributed by atoms with Gasteiger partial charge in [-0.3, -0.25) is 9.59 Å². The molecule has 0 unspecified atom stereocenters. The van der Waals surface area contributed by atoms with E-state index in [1.54, 1.807) is 0 Å². The van der Waals surface area contributed by atoms with E-state index in [-0.39, 0.29) is 11.8 Å². The smallest absolute Gasteiger partial charge is 0.236 e. The lowest BCUT2D eigenvalue weighted by atomic mass is 9.78. The van der Waals surface area contributed by atoms with Crippen LogP contribution in [0.4, 0.5) is 10.8 Å². The molecule has 0 radical (unpaired) electrons. The van der Waals surface area contributed by atoms with Crippen molar-refractivity contribution in [2.24, 2.45) is 0 Å². The minimum absolute atomic E-state index is 0.0391. The molecule has 1 aliphatic carbocycles. The third-order valence-corrected chi connectivity index (χ3v) is 6.85. The number of nitrogens with one attached hydrogen (secondary N) is 2. The average molecular weight is 438 g/mol. The van der Waals surface area contributed by atoms with Gasteiger partial charge in [-0.2, -0.15) is 0 Å². The van der Waals surface area contributed by atoms with E-state index in [9.17, 15) is 9.59 Å². The highest BCUT2D eigenvalue weighted by Crippen LogP contribution is 2.45. The van der Waals surface area contributed by atoms with Crippen LogP contribution in [0.3, 0.4) is 0 Å². The maximum atomic E-state index is 13.5. The molecule has 1 fully saturated rings. The highest BCUT2D eigenvalue weighted by Gasteiger charge is 2.43. The van der Waals surface area contributed by atoms with Gasteiger partial charge in [0.05, 0.1) is 15.6 Å². The van der Waals surface area contributed by atoms with Crippen LogP contribution in [0.2, 0.25) is 0 Å². The lowest BCUT2D eigenvalue weighted by Crippen LogP contribution is -2.38. The Bertz CT molecular complexity index is 1170. The van der Waals surface area contributed by atoms with Gasteiger partial charge in [-0.25, -0.2) is 4.98 Å². The lowest BCUT2D eigenvalue weighted by molar-refractivity contribution is -0.121. The molecule has 1 saturated carbocycles. The molecule has 1 aromatic heterocycles. The number of anilines is 2. The van der Waals surface area contributed by atoms with Crippen molar-refractivity contribution >= 4 is 44.2 Å². The molecular weight excluding hydrogens is 414 g/mol. The number of hydrogen-bond donors (Lipinski definition) is 2. The number of hydrogen-bond acceptors (Lipinski definition) is 6. The molecule has 5 rings (SSSR count). The lowest BCUT2D eigenvalue weighted by Gasteiger charge is -2.29. The summed E-state index contributed by atoms with van der Waals surface area (Å²) in [5, 5.41) is 6.40. The minimum atomic E-state index is -0.602. The summed E-state index contributed by atoms with van der Waals surface area (Å²) in [7, 11) is 0. The predicted molar refractivity (Wildman–Crippen MR) is 120 cm³/mol. The van der Waals surface area contributed by atoms with Gasteiger partial charge in [0.25, 0.3) is 0 Å². The van der Waals surface area contributed by atoms with Crippen molar-refractivity contribution in [3.8, 4) is 11.5 Å². The van der Waals surface area contributed by atoms with E-state index < -0.39 is 5.41 Å². The first kappa shape index (κ1) is 19.8. The zero-order valence-corrected chi connectivity index (χ0v) is 18.0. The Morgan fingerprint density at radius 1 is 1.00 bits per heavy atom. The third-order valence-electron chi connectivity index (χ3n) is 5.92. The maximum Gasteiger partial charge on any atom is 0.236 e. The number of aromatic nitrogens is 1. The van der Waals surface area contributed by atoms with Crippen molar-refractivity contribution in [2.75, 3.05) is 23.8 Å². The molecule has 0 atom stereocenters. The topological polar surface area (TPSA) is 89.6 Å². The molecule has 2 amide bonds. The number of amides is 2. The normalized spacial score (nSPS) is 16.8. The van der Waals surface area contributed by atoms with Crippen molar-refractivity contribution in [3.63, 3.8) is 0 Å². The molecule has 2 aliphatic rings. The molecule has 31 heavy (non-hydrogen) atoms. The number of thiazole rings is 1. The SMILES string of the molecule is CC(=O)Nc1ccc2nc(NC(=O)C3(c4ccc5c(c4)OCCO5)CCCC3)sc2c1. The largest absolute Gasteiger partial charge is 0.486 e. The fourth-order valence-corrected chi connectivity index (χ4v) is 5.34. The molecule has 2 aromatic carbocycles. The Labute approximate surface area is 183 Å². The van der Waals surface area contributed by atoms with Crippen LogP contribution in [0.5, 0.6) is 11.5 Å². The van der Waals surface area contributed by atoms with Crippen molar-refractivity contribution in [1.29, 1.82) is 0 Å². The summed E-state index contributed by atoms with van der Waals surface area (Å²) in [6, 6.07) is 11.4. The van der Waals surface area contributed by atoms with Gasteiger partial charge in [-0.15, -0.1) is 0 Å². The van der Waals surface area contributed by atoms with Crippen LogP contribution in [0.1, 0.15) is 38.2 Å². The second-order valence-corrected chi connectivity index (χ2v) is 9.02. The Balaban J connectivity index is 1.43. The number of carbonyl (C=O) groups excluding carboxylic acids is 2. The summed E-state index contributed by atoms with van der Waals surface area (Å²) >= 11 is 1.40. The summed E-state index contributed by atoms with van der Waals surface area (Å²) in [6.45, 7) is 2.53. The van der Waals surface area contributed by atoms with Crippen molar-refractivity contribution in [2.45, 2.75) is 38.0 Å². The molecule has 7 nitrogen and oxygen atoms in total. The number of ether oxygens (including phenoxy) is 2. The second kappa shape index (κ2) is 7.85. The van der Waals surface area contributed by atoms with Crippen LogP contribution in [0, 0.1) is 0 Å². The standard InChI is InChI=1S/C23H23N3O4S/c1-14(27)24-16-5-6-17-20(13-16)31-22(25-17)26-21(28)23(8-2-3-9-23)15-4-7-18-19(12-15)30-11-10-29-18/h4-7,12-13H,2-3,8-11H2,1H3,(H,24,27)(H,25,26,28). The predicted octanol–water partition coefficient (Wildman–Crippen LogP) is 4.48. The van der Waals surface area contributed by atoms with Gasteiger partial charge >= 0.3 is 0 Å². The number of nitrogens with zero attached hydrogens (tertiary/aromatic N) is 1. The summed E-state index contributed by atoms with van der Waals surface area (Å²) in [5.74, 6) is 1.26. The highest BCUT2D eigenvalue weighted by molar-refractivity contribution is 7.22. The van der Waals surface area contributed by atoms with Gasteiger partial charge in [-0.05, 0) is 48.7 Å². The summed E-state index contributed by atoms with van der Waals surface area (Å²) < 4.78 is 12.3. The van der Waals surface area contributed by atoms with Gasteiger partial charge < -0.3 is 20.1 Å². The monoisotopic (exact) mass is 437 g/mol. The average Bonchev–Trinajstić information content (AvgIpc) is 3.40. The van der Waals surface area contributed by atoms with Crippen LogP contribution in [-0.2, 0) is 15.0 Å². The first-order chi connectivity index (χ1) is 15.0. The number of rotatable bonds is 4. The Morgan fingerprint density at radius 2 is 1.77 bits per heavy atom. The van der Waals surface area contributed by atoms with Crippen molar-refractivity contribution < 1.29 is 19.1 Å². The highest BCUT2D eigenvalue weighted by atomic mass is 32.1. The maximum absolute atomic E-state index is 13.5. The summed E-state index contributed by atoms with van der Waals surface area (Å²) in [6.07, 6.45) is 3.58. The fraction of sp³-hybridized carbons (Fsp3) is 0.348. The molecule has 2 N–H and O–H groups in total. The molecule has 8 heteroatoms. The quantitative estimate of drug-likeness (QED) is 0.628. The Hall–Kier alpha value is -3.13. The van der Waals surface area contributed by atoms with E-state index >= 15 is 0 Å². The molecule has 1 aliphatic heterocycles. The van der Waals surface area contributed by atoms with Gasteiger partial charge in [0.2, 0.25) is 11.8 Å². The van der Waals surface area contributed by atoms with E-state index in [1.807, 2.05) is 36.4 Å². The molecule has 0 bridgehead atoms. The van der Waals surface area contributed by atoms with E-state index in [0.717, 1.165) is 47.2 Å². The van der Waals surface area contributed by atoms with Gasteiger partial charge in [-0.1, -0.05) is 30.2 Å². The Kier molecular flexibility index (Phi) is 5.02. The van der Waals surface area contributed by atoms with Crippen LogP contribution < -0.4 is 20.1 Å². The van der Waals surface area contributed by atoms with E-state index in [1.165, 1.54) is 18.3 Å². The molecular formula is C23H23N3O4S. The number of benzene rings is 2. The van der Waals surface area contributed by atoms with Crippen LogP contribution in [0.15, 0.2) is 36.4 Å². The fourth-order valence-electron chi connectivity index (χ4n) is 4.44. The van der Waals surface area contributed by atoms with Gasteiger partial charge in [0.15, 0.2) is 16.6 Å². The van der Waals surface area contributed by atoms with E-state index in [4.69, 9.17) is 9.47 Å². The second-order valence-electron chi connectivity index (χ2n) is 7.98. The van der Waals surface area contributed by atoms with E-state index in [0.29, 0.717) is 29.8 Å². The van der Waals surface area contributed by atoms with Crippen LogP contribution in [0.25, 0.3) is 10.2 Å². The molecule has 2 heterocycles. The Morgan fingerprint density at radius 3 is 2.55 bits per heavy atom. The van der Waals surface area contributed by atoms with Gasteiger partial charge in [0.1, 0.15) is 13.2 Å². The molecule has 160 valence electrons. The minimum Gasteiger partial charge on any atom is -0.486 e. The number of carbonyl (C=O) groups is 2. The third kappa shape index (κ3) is 3.72. The zero-order valence-electron chi connectivity index (χ0n) is 17.2. The molecule has 0 spiro atoms. The summed E-state index contributed by atoms with van der Waals surface area (Å²) in [5.41, 5.74) is 1.86. The number of fused-ring (bicyclic) bond motifs is 2.